The van der Waals surface area contributed by atoms with Crippen molar-refractivity contribution in [2.24, 2.45) is 5.73 Å². The Hall–Kier alpha value is -2.48. The van der Waals surface area contributed by atoms with Crippen LogP contribution in [0.1, 0.15) is 11.3 Å². The van der Waals surface area contributed by atoms with E-state index >= 15 is 0 Å². The van der Waals surface area contributed by atoms with Crippen LogP contribution in [0.5, 0.6) is 5.75 Å². The number of nitrogens with zero attached hydrogens (tertiary/aromatic N) is 4. The number of hydrogen-bond donors (Lipinski definition) is 1. The Morgan fingerprint density at radius 1 is 1.50 bits per heavy atom. The fourth-order valence-corrected chi connectivity index (χ4v) is 1.84. The van der Waals surface area contributed by atoms with Crippen molar-refractivity contribution in [2.75, 3.05) is 13.7 Å². The standard InChI is InChI=1S/C12H15N5O3/c1-20-12-3-2-9(6-11(12)17(18)19)7-16-8-10(4-5-13)14-15-16/h2-3,6,8H,4-5,7,13H2,1H3. The van der Waals surface area contributed by atoms with E-state index in [1.54, 1.807) is 23.0 Å². The first kappa shape index (κ1) is 13.9. The van der Waals surface area contributed by atoms with Gasteiger partial charge in [-0.2, -0.15) is 0 Å². The molecule has 0 amide bonds. The van der Waals surface area contributed by atoms with Gasteiger partial charge in [-0.25, -0.2) is 4.68 Å². The molecule has 0 aliphatic rings. The molecule has 0 atom stereocenters. The molecular weight excluding hydrogens is 262 g/mol. The van der Waals surface area contributed by atoms with Crippen molar-refractivity contribution in [3.8, 4) is 5.75 Å². The summed E-state index contributed by atoms with van der Waals surface area (Å²) >= 11 is 0. The number of benzene rings is 1. The van der Waals surface area contributed by atoms with E-state index in [0.717, 1.165) is 11.3 Å². The van der Waals surface area contributed by atoms with Gasteiger partial charge in [0.15, 0.2) is 5.75 Å². The van der Waals surface area contributed by atoms with Crippen LogP contribution in [0.25, 0.3) is 0 Å². The smallest absolute Gasteiger partial charge is 0.311 e. The van der Waals surface area contributed by atoms with Crippen molar-refractivity contribution >= 4 is 5.69 Å². The highest BCUT2D eigenvalue weighted by Crippen LogP contribution is 2.27. The molecule has 2 aromatic rings. The van der Waals surface area contributed by atoms with E-state index in [0.29, 0.717) is 19.5 Å². The molecule has 20 heavy (non-hydrogen) atoms. The fourth-order valence-electron chi connectivity index (χ4n) is 1.84. The normalized spacial score (nSPS) is 10.5. The van der Waals surface area contributed by atoms with E-state index < -0.39 is 4.92 Å². The van der Waals surface area contributed by atoms with Gasteiger partial charge in [-0.3, -0.25) is 10.1 Å². The topological polar surface area (TPSA) is 109 Å². The lowest BCUT2D eigenvalue weighted by Gasteiger charge is -2.04. The zero-order chi connectivity index (χ0) is 14.5. The van der Waals surface area contributed by atoms with Crippen molar-refractivity contribution in [3.05, 3.63) is 45.8 Å². The Bertz CT molecular complexity index is 611. The van der Waals surface area contributed by atoms with Crippen molar-refractivity contribution in [1.29, 1.82) is 0 Å². The average Bonchev–Trinajstić information content (AvgIpc) is 2.86. The third-order valence-electron chi connectivity index (χ3n) is 2.77. The Balaban J connectivity index is 2.20. The van der Waals surface area contributed by atoms with Gasteiger partial charge in [-0.1, -0.05) is 11.3 Å². The quantitative estimate of drug-likeness (QED) is 0.616. The zero-order valence-corrected chi connectivity index (χ0v) is 11.0. The summed E-state index contributed by atoms with van der Waals surface area (Å²) in [5, 5.41) is 18.9. The lowest BCUT2D eigenvalue weighted by Crippen LogP contribution is -2.03. The molecule has 0 aliphatic carbocycles. The van der Waals surface area contributed by atoms with Gasteiger partial charge >= 0.3 is 5.69 Å². The number of nitrogens with two attached hydrogens (primary N) is 1. The average molecular weight is 277 g/mol. The maximum absolute atomic E-state index is 11.0. The first-order chi connectivity index (χ1) is 9.63. The first-order valence-electron chi connectivity index (χ1n) is 6.04. The van der Waals surface area contributed by atoms with E-state index in [9.17, 15) is 10.1 Å². The number of rotatable bonds is 6. The van der Waals surface area contributed by atoms with Gasteiger partial charge in [0.25, 0.3) is 0 Å². The monoisotopic (exact) mass is 277 g/mol. The summed E-state index contributed by atoms with van der Waals surface area (Å²) < 4.78 is 6.58. The summed E-state index contributed by atoms with van der Waals surface area (Å²) in [5.41, 5.74) is 6.93. The van der Waals surface area contributed by atoms with Gasteiger partial charge in [0.1, 0.15) is 0 Å². The molecule has 106 valence electrons. The molecule has 0 radical (unpaired) electrons. The number of methoxy groups -OCH3 is 1. The third kappa shape index (κ3) is 3.09. The number of ether oxygens (including phenoxy) is 1. The highest BCUT2D eigenvalue weighted by molar-refractivity contribution is 5.48. The van der Waals surface area contributed by atoms with Gasteiger partial charge in [0.05, 0.1) is 24.3 Å². The molecule has 0 unspecified atom stereocenters. The Kier molecular flexibility index (Phi) is 4.26. The Labute approximate surface area is 115 Å². The molecule has 0 saturated carbocycles. The van der Waals surface area contributed by atoms with Crippen LogP contribution in [-0.4, -0.2) is 33.6 Å². The molecule has 0 fully saturated rings. The van der Waals surface area contributed by atoms with Crippen molar-refractivity contribution in [3.63, 3.8) is 0 Å². The van der Waals surface area contributed by atoms with Crippen LogP contribution in [0.2, 0.25) is 0 Å². The number of nitro groups is 1. The third-order valence-corrected chi connectivity index (χ3v) is 2.77. The molecule has 0 spiro atoms. The van der Waals surface area contributed by atoms with Gasteiger partial charge in [-0.15, -0.1) is 5.10 Å². The summed E-state index contributed by atoms with van der Waals surface area (Å²) in [6, 6.07) is 4.81. The lowest BCUT2D eigenvalue weighted by molar-refractivity contribution is -0.385. The summed E-state index contributed by atoms with van der Waals surface area (Å²) in [5.74, 6) is 0.237. The molecule has 1 aromatic heterocycles. The van der Waals surface area contributed by atoms with E-state index in [1.165, 1.54) is 13.2 Å². The van der Waals surface area contributed by atoms with Crippen LogP contribution in [0.15, 0.2) is 24.4 Å². The van der Waals surface area contributed by atoms with E-state index in [1.807, 2.05) is 0 Å². The van der Waals surface area contributed by atoms with Crippen molar-refractivity contribution in [1.82, 2.24) is 15.0 Å². The molecule has 8 nitrogen and oxygen atoms in total. The highest BCUT2D eigenvalue weighted by atomic mass is 16.6. The lowest BCUT2D eigenvalue weighted by atomic mass is 10.2. The summed E-state index contributed by atoms with van der Waals surface area (Å²) in [6.45, 7) is 0.912. The second-order valence-corrected chi connectivity index (χ2v) is 4.21. The van der Waals surface area contributed by atoms with Crippen LogP contribution in [-0.2, 0) is 13.0 Å². The van der Waals surface area contributed by atoms with Crippen molar-refractivity contribution < 1.29 is 9.66 Å². The number of hydrogen-bond acceptors (Lipinski definition) is 6. The number of nitro benzene ring substituents is 1. The predicted octanol–water partition coefficient (Wildman–Crippen LogP) is 0.744. The van der Waals surface area contributed by atoms with Gasteiger partial charge in [0.2, 0.25) is 0 Å². The molecule has 0 bridgehead atoms. The van der Waals surface area contributed by atoms with Crippen LogP contribution >= 0.6 is 0 Å². The largest absolute Gasteiger partial charge is 0.490 e. The van der Waals surface area contributed by atoms with Crippen LogP contribution in [0.3, 0.4) is 0 Å². The molecule has 1 heterocycles. The molecule has 0 aliphatic heterocycles. The molecule has 1 aromatic carbocycles. The van der Waals surface area contributed by atoms with Crippen LogP contribution in [0, 0.1) is 10.1 Å². The van der Waals surface area contributed by atoms with Crippen LogP contribution in [0.4, 0.5) is 5.69 Å². The number of aromatic nitrogens is 3. The van der Waals surface area contributed by atoms with E-state index in [2.05, 4.69) is 10.3 Å². The Morgan fingerprint density at radius 2 is 2.30 bits per heavy atom. The summed E-state index contributed by atoms with van der Waals surface area (Å²) in [7, 11) is 1.40. The maximum atomic E-state index is 11.0. The van der Waals surface area contributed by atoms with Gasteiger partial charge < -0.3 is 10.5 Å². The second kappa shape index (κ2) is 6.11. The summed E-state index contributed by atoms with van der Waals surface area (Å²) in [6.07, 6.45) is 2.44. The highest BCUT2D eigenvalue weighted by Gasteiger charge is 2.15. The fraction of sp³-hybridized carbons (Fsp3) is 0.333. The Morgan fingerprint density at radius 3 is 2.95 bits per heavy atom. The molecule has 0 saturated heterocycles. The second-order valence-electron chi connectivity index (χ2n) is 4.21. The predicted molar refractivity (Wildman–Crippen MR) is 71.5 cm³/mol. The minimum atomic E-state index is -0.469. The molecule has 2 N–H and O–H groups in total. The van der Waals surface area contributed by atoms with Crippen molar-refractivity contribution in [2.45, 2.75) is 13.0 Å². The summed E-state index contributed by atoms with van der Waals surface area (Å²) in [4.78, 5) is 10.5. The molecule has 8 heteroatoms. The zero-order valence-electron chi connectivity index (χ0n) is 11.0. The van der Waals surface area contributed by atoms with Crippen LogP contribution < -0.4 is 10.5 Å². The van der Waals surface area contributed by atoms with Gasteiger partial charge in [0, 0.05) is 18.7 Å². The minimum Gasteiger partial charge on any atom is -0.490 e. The minimum absolute atomic E-state index is 0.0627. The maximum Gasteiger partial charge on any atom is 0.311 e. The molecule has 2 rings (SSSR count). The first-order valence-corrected chi connectivity index (χ1v) is 6.04. The van der Waals surface area contributed by atoms with Gasteiger partial charge in [-0.05, 0) is 18.2 Å². The molecular formula is C12H15N5O3. The van der Waals surface area contributed by atoms with E-state index in [4.69, 9.17) is 10.5 Å². The SMILES string of the molecule is COc1ccc(Cn2cc(CCN)nn2)cc1[N+](=O)[O-]. The van der Waals surface area contributed by atoms with E-state index in [-0.39, 0.29) is 11.4 Å².